The predicted molar refractivity (Wildman–Crippen MR) is 104 cm³/mol. The normalized spacial score (nSPS) is 10.4. The van der Waals surface area contributed by atoms with Gasteiger partial charge in [0.05, 0.1) is 29.4 Å². The molecule has 3 aromatic rings. The number of aryl methyl sites for hydroxylation is 2. The second-order valence-electron chi connectivity index (χ2n) is 5.94. The smallest absolute Gasteiger partial charge is 0.213 e. The largest absolute Gasteiger partial charge is 0.496 e. The Kier molecular flexibility index (Phi) is 4.84. The number of ether oxygens (including phenoxy) is 1. The van der Waals surface area contributed by atoms with Gasteiger partial charge < -0.3 is 10.1 Å². The number of nitrogens with one attached hydrogen (secondary N) is 3. The average Bonchev–Trinajstić information content (AvgIpc) is 2.63. The molecule has 2 aromatic carbocycles. The summed E-state index contributed by atoms with van der Waals surface area (Å²) in [5, 5.41) is 13.9. The summed E-state index contributed by atoms with van der Waals surface area (Å²) >= 11 is 0. The van der Waals surface area contributed by atoms with Crippen LogP contribution >= 0.6 is 0 Å². The van der Waals surface area contributed by atoms with Gasteiger partial charge in [0.25, 0.3) is 0 Å². The fourth-order valence-electron chi connectivity index (χ4n) is 2.94. The minimum absolute atomic E-state index is 0.119. The maximum atomic E-state index is 10.7. The number of guanidine groups is 1. The van der Waals surface area contributed by atoms with Crippen LogP contribution in [-0.4, -0.2) is 24.5 Å². The maximum Gasteiger partial charge on any atom is 0.213 e. The van der Waals surface area contributed by atoms with Crippen LogP contribution in [0.15, 0.2) is 42.5 Å². The highest BCUT2D eigenvalue weighted by Gasteiger charge is 2.15. The van der Waals surface area contributed by atoms with Gasteiger partial charge in [-0.2, -0.15) is 0 Å². The highest BCUT2D eigenvalue weighted by molar-refractivity contribution is 6.07. The molecule has 3 rings (SSSR count). The lowest BCUT2D eigenvalue weighted by molar-refractivity contribution is -0.108. The van der Waals surface area contributed by atoms with E-state index in [9.17, 15) is 4.79 Å². The number of hydrogen-bond donors (Lipinski definition) is 3. The molecule has 0 saturated carbocycles. The van der Waals surface area contributed by atoms with Gasteiger partial charge in [0, 0.05) is 5.56 Å². The van der Waals surface area contributed by atoms with Crippen LogP contribution < -0.4 is 15.4 Å². The van der Waals surface area contributed by atoms with Crippen molar-refractivity contribution < 1.29 is 9.53 Å². The van der Waals surface area contributed by atoms with Gasteiger partial charge in [-0.05, 0) is 37.1 Å². The van der Waals surface area contributed by atoms with Crippen molar-refractivity contribution in [1.29, 1.82) is 5.41 Å². The number of hydrogen-bond acceptors (Lipinski definition) is 4. The van der Waals surface area contributed by atoms with E-state index < -0.39 is 0 Å². The zero-order valence-corrected chi connectivity index (χ0v) is 14.9. The quantitative estimate of drug-likeness (QED) is 0.382. The number of carbonyl (C=O) groups is 1. The molecule has 1 heterocycles. The minimum Gasteiger partial charge on any atom is -0.496 e. The zero-order valence-electron chi connectivity index (χ0n) is 14.9. The minimum atomic E-state index is -0.119. The molecule has 0 saturated heterocycles. The number of pyridine rings is 1. The third kappa shape index (κ3) is 3.21. The number of benzene rings is 2. The molecule has 132 valence electrons. The van der Waals surface area contributed by atoms with Crippen LogP contribution in [0.2, 0.25) is 0 Å². The topological polar surface area (TPSA) is 87.1 Å². The number of nitrogens with zero attached hydrogens (tertiary/aromatic N) is 1. The SMILES string of the molecule is COc1ccc(C)c2nc(-c3ccccc3C)cc(NC(=N)NC=O)c12. The Hall–Kier alpha value is -3.41. The van der Waals surface area contributed by atoms with Crippen molar-refractivity contribution in [2.24, 2.45) is 0 Å². The number of amides is 1. The van der Waals surface area contributed by atoms with E-state index in [0.29, 0.717) is 17.8 Å². The summed E-state index contributed by atoms with van der Waals surface area (Å²) in [5.74, 6) is 0.530. The third-order valence-corrected chi connectivity index (χ3v) is 4.23. The number of fused-ring (bicyclic) bond motifs is 1. The summed E-state index contributed by atoms with van der Waals surface area (Å²) in [6.45, 7) is 4.01. The number of carbonyl (C=O) groups excluding carboxylic acids is 1. The summed E-state index contributed by atoms with van der Waals surface area (Å²) in [5.41, 5.74) is 5.32. The molecule has 1 aromatic heterocycles. The first-order chi connectivity index (χ1) is 12.5. The van der Waals surface area contributed by atoms with Crippen LogP contribution in [0.5, 0.6) is 5.75 Å². The molecule has 0 fully saturated rings. The Morgan fingerprint density at radius 1 is 1.15 bits per heavy atom. The van der Waals surface area contributed by atoms with Gasteiger partial charge in [0.2, 0.25) is 6.41 Å². The van der Waals surface area contributed by atoms with Crippen molar-refractivity contribution in [3.63, 3.8) is 0 Å². The molecule has 0 bridgehead atoms. The first kappa shape index (κ1) is 17.4. The fourth-order valence-corrected chi connectivity index (χ4v) is 2.94. The Balaban J connectivity index is 2.29. The summed E-state index contributed by atoms with van der Waals surface area (Å²) < 4.78 is 5.49. The van der Waals surface area contributed by atoms with Gasteiger partial charge in [-0.3, -0.25) is 15.5 Å². The van der Waals surface area contributed by atoms with Crippen LogP contribution in [0.3, 0.4) is 0 Å². The number of anilines is 1. The Morgan fingerprint density at radius 3 is 2.62 bits per heavy atom. The van der Waals surface area contributed by atoms with Gasteiger partial charge in [0.15, 0.2) is 5.96 Å². The molecule has 0 unspecified atom stereocenters. The van der Waals surface area contributed by atoms with Crippen LogP contribution in [0.1, 0.15) is 11.1 Å². The van der Waals surface area contributed by atoms with E-state index in [1.807, 2.05) is 56.3 Å². The molecule has 3 N–H and O–H groups in total. The van der Waals surface area contributed by atoms with E-state index in [2.05, 4.69) is 10.6 Å². The first-order valence-electron chi connectivity index (χ1n) is 8.15. The first-order valence-corrected chi connectivity index (χ1v) is 8.15. The third-order valence-electron chi connectivity index (χ3n) is 4.23. The van der Waals surface area contributed by atoms with Gasteiger partial charge in [-0.15, -0.1) is 0 Å². The van der Waals surface area contributed by atoms with Crippen molar-refractivity contribution >= 4 is 29.0 Å². The van der Waals surface area contributed by atoms with Crippen molar-refractivity contribution in [1.82, 2.24) is 10.3 Å². The molecule has 0 spiro atoms. The van der Waals surface area contributed by atoms with Gasteiger partial charge in [-0.25, -0.2) is 4.98 Å². The van der Waals surface area contributed by atoms with E-state index in [1.165, 1.54) is 0 Å². The van der Waals surface area contributed by atoms with E-state index >= 15 is 0 Å². The highest BCUT2D eigenvalue weighted by Crippen LogP contribution is 2.36. The zero-order chi connectivity index (χ0) is 18.7. The van der Waals surface area contributed by atoms with Gasteiger partial charge >= 0.3 is 0 Å². The van der Waals surface area contributed by atoms with Crippen LogP contribution in [-0.2, 0) is 4.79 Å². The Morgan fingerprint density at radius 2 is 1.92 bits per heavy atom. The fraction of sp³-hybridized carbons (Fsp3) is 0.150. The second-order valence-corrected chi connectivity index (χ2v) is 5.94. The average molecular weight is 348 g/mol. The summed E-state index contributed by atoms with van der Waals surface area (Å²) in [6.07, 6.45) is 0.462. The van der Waals surface area contributed by atoms with E-state index in [-0.39, 0.29) is 5.96 Å². The second kappa shape index (κ2) is 7.23. The highest BCUT2D eigenvalue weighted by atomic mass is 16.5. The van der Waals surface area contributed by atoms with Crippen molar-refractivity contribution in [3.05, 3.63) is 53.6 Å². The Bertz CT molecular complexity index is 999. The summed E-state index contributed by atoms with van der Waals surface area (Å²) in [7, 11) is 1.60. The van der Waals surface area contributed by atoms with E-state index in [0.717, 1.165) is 33.3 Å². The lowest BCUT2D eigenvalue weighted by Gasteiger charge is -2.16. The molecule has 0 radical (unpaired) electrons. The summed E-state index contributed by atoms with van der Waals surface area (Å²) in [6, 6.07) is 13.7. The predicted octanol–water partition coefficient (Wildman–Crippen LogP) is 3.62. The molecule has 0 aliphatic rings. The molecule has 6 nitrogen and oxygen atoms in total. The molecule has 26 heavy (non-hydrogen) atoms. The summed E-state index contributed by atoms with van der Waals surface area (Å²) in [4.78, 5) is 15.5. The molecule has 0 atom stereocenters. The van der Waals surface area contributed by atoms with E-state index in [1.54, 1.807) is 7.11 Å². The monoisotopic (exact) mass is 348 g/mol. The van der Waals surface area contributed by atoms with Gasteiger partial charge in [0.1, 0.15) is 5.75 Å². The molecule has 6 heteroatoms. The van der Waals surface area contributed by atoms with Gasteiger partial charge in [-0.1, -0.05) is 30.3 Å². The lowest BCUT2D eigenvalue weighted by atomic mass is 10.0. The van der Waals surface area contributed by atoms with Crippen LogP contribution in [0, 0.1) is 19.3 Å². The molecular weight excluding hydrogens is 328 g/mol. The molecule has 1 amide bonds. The standard InChI is InChI=1S/C20H20N4O2/c1-12-6-4-5-7-14(12)15-10-16(24-20(21)22-11-25)18-17(26-3)9-8-13(2)19(18)23-15/h4-11H,1-3H3,(H3,21,22,23,24,25). The molecule has 0 aliphatic heterocycles. The van der Waals surface area contributed by atoms with E-state index in [4.69, 9.17) is 15.1 Å². The Labute approximate surface area is 151 Å². The van der Waals surface area contributed by atoms with Crippen LogP contribution in [0.25, 0.3) is 22.2 Å². The number of rotatable bonds is 4. The molecular formula is C20H20N4O2. The van der Waals surface area contributed by atoms with Crippen molar-refractivity contribution in [3.8, 4) is 17.0 Å². The van der Waals surface area contributed by atoms with Crippen molar-refractivity contribution in [2.75, 3.05) is 12.4 Å². The molecule has 0 aliphatic carbocycles. The lowest BCUT2D eigenvalue weighted by Crippen LogP contribution is -2.28. The number of aromatic nitrogens is 1. The number of methoxy groups -OCH3 is 1. The van der Waals surface area contributed by atoms with Crippen molar-refractivity contribution in [2.45, 2.75) is 13.8 Å². The maximum absolute atomic E-state index is 10.7. The van der Waals surface area contributed by atoms with Crippen LogP contribution in [0.4, 0.5) is 5.69 Å².